The first-order valence-corrected chi connectivity index (χ1v) is 8.55. The van der Waals surface area contributed by atoms with Crippen molar-refractivity contribution >= 4 is 11.9 Å². The number of carbonyl (C=O) groups excluding carboxylic acids is 1. The van der Waals surface area contributed by atoms with Crippen molar-refractivity contribution in [2.45, 2.75) is 58.8 Å². The van der Waals surface area contributed by atoms with Crippen LogP contribution in [0.2, 0.25) is 0 Å². The maximum Gasteiger partial charge on any atom is 0.241 e. The third-order valence-corrected chi connectivity index (χ3v) is 3.91. The maximum atomic E-state index is 11.4. The summed E-state index contributed by atoms with van der Waals surface area (Å²) >= 11 is 0. The highest BCUT2D eigenvalue weighted by Crippen LogP contribution is 2.28. The monoisotopic (exact) mass is 296 g/mol. The highest BCUT2D eigenvalue weighted by atomic mass is 16.1. The molecule has 0 saturated heterocycles. The van der Waals surface area contributed by atoms with Crippen LogP contribution in [0.15, 0.2) is 4.99 Å². The van der Waals surface area contributed by atoms with Crippen molar-refractivity contribution in [3.63, 3.8) is 0 Å². The van der Waals surface area contributed by atoms with Gasteiger partial charge in [-0.25, -0.2) is 4.99 Å². The number of hydrogen-bond donors (Lipinski definition) is 3. The number of nitrogens with one attached hydrogen (secondary N) is 3. The van der Waals surface area contributed by atoms with Crippen molar-refractivity contribution in [3.8, 4) is 0 Å². The number of carbonyl (C=O) groups is 1. The lowest BCUT2D eigenvalue weighted by molar-refractivity contribution is -0.119. The molecule has 3 N–H and O–H groups in total. The van der Waals surface area contributed by atoms with Crippen LogP contribution in [-0.2, 0) is 4.79 Å². The Morgan fingerprint density at radius 1 is 1.05 bits per heavy atom. The van der Waals surface area contributed by atoms with Crippen LogP contribution in [0, 0.1) is 5.92 Å². The molecule has 0 spiro atoms. The van der Waals surface area contributed by atoms with E-state index in [9.17, 15) is 4.79 Å². The van der Waals surface area contributed by atoms with Gasteiger partial charge in [-0.1, -0.05) is 38.5 Å². The van der Waals surface area contributed by atoms with Gasteiger partial charge in [0, 0.05) is 19.6 Å². The molecule has 1 saturated carbocycles. The summed E-state index contributed by atoms with van der Waals surface area (Å²) < 4.78 is 0. The zero-order chi connectivity index (χ0) is 15.3. The smallest absolute Gasteiger partial charge is 0.241 e. The number of rotatable bonds is 9. The number of unbranched alkanes of at least 4 members (excludes halogenated alkanes) is 1. The average Bonchev–Trinajstić information content (AvgIpc) is 2.98. The SMILES string of the molecule is CCNC(=O)CN=C(NCC)NCCCCC1CCCC1. The third-order valence-electron chi connectivity index (χ3n) is 3.91. The number of aliphatic imine (C=N–C) groups is 1. The molecule has 0 heterocycles. The molecule has 0 radical (unpaired) electrons. The summed E-state index contributed by atoms with van der Waals surface area (Å²) in [5, 5.41) is 9.22. The van der Waals surface area contributed by atoms with Crippen molar-refractivity contribution in [3.05, 3.63) is 0 Å². The Morgan fingerprint density at radius 3 is 2.43 bits per heavy atom. The van der Waals surface area contributed by atoms with E-state index in [0.717, 1.165) is 25.0 Å². The Balaban J connectivity index is 2.14. The molecule has 0 aliphatic heterocycles. The normalized spacial score (nSPS) is 16.0. The number of nitrogens with zero attached hydrogens (tertiary/aromatic N) is 1. The molecule has 0 atom stereocenters. The zero-order valence-electron chi connectivity index (χ0n) is 13.7. The van der Waals surface area contributed by atoms with Crippen LogP contribution in [0.5, 0.6) is 0 Å². The highest BCUT2D eigenvalue weighted by Gasteiger charge is 2.13. The van der Waals surface area contributed by atoms with E-state index in [2.05, 4.69) is 20.9 Å². The number of likely N-dealkylation sites (N-methyl/N-ethyl adjacent to an activating group) is 1. The summed E-state index contributed by atoms with van der Waals surface area (Å²) in [7, 11) is 0. The van der Waals surface area contributed by atoms with E-state index in [1.807, 2.05) is 13.8 Å². The van der Waals surface area contributed by atoms with Gasteiger partial charge in [0.1, 0.15) is 6.54 Å². The molecule has 1 aliphatic carbocycles. The molecule has 122 valence electrons. The van der Waals surface area contributed by atoms with E-state index < -0.39 is 0 Å². The molecule has 0 aromatic rings. The van der Waals surface area contributed by atoms with Crippen LogP contribution in [-0.4, -0.2) is 38.0 Å². The van der Waals surface area contributed by atoms with Gasteiger partial charge in [0.15, 0.2) is 5.96 Å². The minimum absolute atomic E-state index is 0.0315. The lowest BCUT2D eigenvalue weighted by Crippen LogP contribution is -2.39. The van der Waals surface area contributed by atoms with Gasteiger partial charge in [0.2, 0.25) is 5.91 Å². The Bertz CT molecular complexity index is 311. The van der Waals surface area contributed by atoms with Crippen molar-refractivity contribution in [1.82, 2.24) is 16.0 Å². The molecule has 1 rings (SSSR count). The van der Waals surface area contributed by atoms with E-state index >= 15 is 0 Å². The predicted molar refractivity (Wildman–Crippen MR) is 88.5 cm³/mol. The first-order chi connectivity index (χ1) is 10.3. The van der Waals surface area contributed by atoms with Crippen LogP contribution in [0.3, 0.4) is 0 Å². The fourth-order valence-electron chi connectivity index (χ4n) is 2.81. The fourth-order valence-corrected chi connectivity index (χ4v) is 2.81. The molecule has 0 aromatic heterocycles. The molecule has 1 fully saturated rings. The van der Waals surface area contributed by atoms with E-state index in [1.165, 1.54) is 44.9 Å². The Labute approximate surface area is 129 Å². The van der Waals surface area contributed by atoms with Crippen molar-refractivity contribution in [2.75, 3.05) is 26.2 Å². The van der Waals surface area contributed by atoms with Crippen LogP contribution in [0.1, 0.15) is 58.8 Å². The number of hydrogen-bond acceptors (Lipinski definition) is 2. The zero-order valence-corrected chi connectivity index (χ0v) is 13.7. The van der Waals surface area contributed by atoms with Crippen molar-refractivity contribution in [2.24, 2.45) is 10.9 Å². The minimum Gasteiger partial charge on any atom is -0.357 e. The second kappa shape index (κ2) is 11.4. The summed E-state index contributed by atoms with van der Waals surface area (Å²) in [6.45, 7) is 6.51. The lowest BCUT2D eigenvalue weighted by atomic mass is 10.0. The van der Waals surface area contributed by atoms with Gasteiger partial charge in [-0.05, 0) is 26.2 Å². The Kier molecular flexibility index (Phi) is 9.66. The van der Waals surface area contributed by atoms with Crippen LogP contribution < -0.4 is 16.0 Å². The molecular weight excluding hydrogens is 264 g/mol. The second-order valence-electron chi connectivity index (χ2n) is 5.72. The molecule has 0 unspecified atom stereocenters. The maximum absolute atomic E-state index is 11.4. The van der Waals surface area contributed by atoms with Crippen molar-refractivity contribution < 1.29 is 4.79 Å². The van der Waals surface area contributed by atoms with E-state index in [4.69, 9.17) is 0 Å². The molecule has 1 aliphatic rings. The topological polar surface area (TPSA) is 65.5 Å². The highest BCUT2D eigenvalue weighted by molar-refractivity contribution is 5.84. The van der Waals surface area contributed by atoms with Crippen LogP contribution in [0.4, 0.5) is 0 Å². The quantitative estimate of drug-likeness (QED) is 0.346. The minimum atomic E-state index is -0.0315. The van der Waals surface area contributed by atoms with Gasteiger partial charge < -0.3 is 16.0 Å². The molecular formula is C16H32N4O. The fraction of sp³-hybridized carbons (Fsp3) is 0.875. The van der Waals surface area contributed by atoms with Gasteiger partial charge in [-0.3, -0.25) is 4.79 Å². The summed E-state index contributed by atoms with van der Waals surface area (Å²) in [6, 6.07) is 0. The van der Waals surface area contributed by atoms with Gasteiger partial charge in [0.25, 0.3) is 0 Å². The molecule has 5 heteroatoms. The summed E-state index contributed by atoms with van der Waals surface area (Å²) in [4.78, 5) is 15.7. The van der Waals surface area contributed by atoms with Gasteiger partial charge in [-0.15, -0.1) is 0 Å². The summed E-state index contributed by atoms with van der Waals surface area (Å²) in [5.74, 6) is 1.69. The van der Waals surface area contributed by atoms with Crippen LogP contribution in [0.25, 0.3) is 0 Å². The Hall–Kier alpha value is -1.26. The van der Waals surface area contributed by atoms with Crippen LogP contribution >= 0.6 is 0 Å². The van der Waals surface area contributed by atoms with E-state index in [-0.39, 0.29) is 12.5 Å². The van der Waals surface area contributed by atoms with E-state index in [0.29, 0.717) is 6.54 Å². The van der Waals surface area contributed by atoms with Crippen molar-refractivity contribution in [1.29, 1.82) is 0 Å². The molecule has 0 bridgehead atoms. The van der Waals surface area contributed by atoms with Gasteiger partial charge >= 0.3 is 0 Å². The Morgan fingerprint density at radius 2 is 1.76 bits per heavy atom. The number of amides is 1. The third kappa shape index (κ3) is 8.58. The largest absolute Gasteiger partial charge is 0.357 e. The average molecular weight is 296 g/mol. The predicted octanol–water partition coefficient (Wildman–Crippen LogP) is 2.04. The lowest BCUT2D eigenvalue weighted by Gasteiger charge is -2.12. The molecule has 0 aromatic carbocycles. The molecule has 1 amide bonds. The van der Waals surface area contributed by atoms with Gasteiger partial charge in [-0.2, -0.15) is 0 Å². The molecule has 21 heavy (non-hydrogen) atoms. The second-order valence-corrected chi connectivity index (χ2v) is 5.72. The first-order valence-electron chi connectivity index (χ1n) is 8.55. The number of guanidine groups is 1. The van der Waals surface area contributed by atoms with Gasteiger partial charge in [0.05, 0.1) is 0 Å². The first kappa shape index (κ1) is 17.8. The molecule has 5 nitrogen and oxygen atoms in total. The van der Waals surface area contributed by atoms with E-state index in [1.54, 1.807) is 0 Å². The summed E-state index contributed by atoms with van der Waals surface area (Å²) in [6.07, 6.45) is 9.55. The summed E-state index contributed by atoms with van der Waals surface area (Å²) in [5.41, 5.74) is 0. The standard InChI is InChI=1S/C16H32N4O/c1-3-17-15(21)13-20-16(18-4-2)19-12-8-7-11-14-9-5-6-10-14/h14H,3-13H2,1-2H3,(H,17,21)(H2,18,19,20).